The first kappa shape index (κ1) is 27.8. The maximum Gasteiger partial charge on any atom is 0.268 e. The van der Waals surface area contributed by atoms with Gasteiger partial charge in [-0.3, -0.25) is 19.4 Å². The first-order valence-electron chi connectivity index (χ1n) is 13.0. The summed E-state index contributed by atoms with van der Waals surface area (Å²) in [4.78, 5) is 46.7. The molecule has 2 heterocycles. The van der Waals surface area contributed by atoms with Crippen LogP contribution in [0.2, 0.25) is 0 Å². The minimum Gasteiger partial charge on any atom is -0.364 e. The molecule has 2 aromatic carbocycles. The number of aromatic nitrogens is 2. The zero-order chi connectivity index (χ0) is 27.9. The number of nitrogens with two attached hydrogens (primary N) is 1. The van der Waals surface area contributed by atoms with Crippen molar-refractivity contribution in [1.29, 1.82) is 0 Å². The van der Waals surface area contributed by atoms with Crippen LogP contribution in [0.1, 0.15) is 34.1 Å². The van der Waals surface area contributed by atoms with Crippen LogP contribution in [-0.2, 0) is 22.7 Å². The molecule has 0 radical (unpaired) electrons. The third kappa shape index (κ3) is 6.81. The molecular weight excluding hydrogens is 496 g/mol. The standard InChI is InChI=1S/C28H36N8O3/c1-4-30-11-12-31-25(37)17-35(18-26(38)34(3)36-15-21-7-5-6-8-22(21)16-36)24-10-9-20(13-19(24)2)28-32-14-23(33-28)27(29)39/h5-10,13-14,30H,4,11-12,15-18H2,1-3H3,(H2,29,39)(H,31,37)(H,32,33). The maximum absolute atomic E-state index is 13.5. The number of aromatic amines is 1. The fourth-order valence-electron chi connectivity index (χ4n) is 4.63. The first-order chi connectivity index (χ1) is 18.8. The van der Waals surface area contributed by atoms with Crippen LogP contribution in [0.15, 0.2) is 48.7 Å². The highest BCUT2D eigenvalue weighted by Gasteiger charge is 2.27. The SMILES string of the molecule is CCNCCNC(=O)CN(CC(=O)N(C)N1Cc2ccccc2C1)c1ccc(-c2nc(C(N)=O)c[nH]2)cc1C. The molecule has 0 bridgehead atoms. The van der Waals surface area contributed by atoms with E-state index in [1.165, 1.54) is 17.3 Å². The van der Waals surface area contributed by atoms with E-state index in [4.69, 9.17) is 5.73 Å². The van der Waals surface area contributed by atoms with Crippen LogP contribution in [0.25, 0.3) is 11.4 Å². The summed E-state index contributed by atoms with van der Waals surface area (Å²) in [5.41, 5.74) is 10.3. The van der Waals surface area contributed by atoms with Crippen molar-refractivity contribution in [3.63, 3.8) is 0 Å². The van der Waals surface area contributed by atoms with Crippen molar-refractivity contribution < 1.29 is 14.4 Å². The van der Waals surface area contributed by atoms with Crippen molar-refractivity contribution in [1.82, 2.24) is 30.6 Å². The summed E-state index contributed by atoms with van der Waals surface area (Å²) in [6.07, 6.45) is 1.47. The number of nitrogens with zero attached hydrogens (tertiary/aromatic N) is 4. The van der Waals surface area contributed by atoms with Gasteiger partial charge >= 0.3 is 0 Å². The Bertz CT molecular complexity index is 1310. The molecule has 206 valence electrons. The molecule has 11 nitrogen and oxygen atoms in total. The van der Waals surface area contributed by atoms with Gasteiger partial charge in [0.05, 0.1) is 13.1 Å². The normalized spacial score (nSPS) is 12.7. The number of carbonyl (C=O) groups is 3. The summed E-state index contributed by atoms with van der Waals surface area (Å²) in [7, 11) is 1.77. The van der Waals surface area contributed by atoms with Gasteiger partial charge in [-0.1, -0.05) is 31.2 Å². The van der Waals surface area contributed by atoms with Crippen LogP contribution in [0.3, 0.4) is 0 Å². The number of rotatable bonds is 12. The largest absolute Gasteiger partial charge is 0.364 e. The van der Waals surface area contributed by atoms with Crippen molar-refractivity contribution in [2.45, 2.75) is 26.9 Å². The molecule has 1 aromatic heterocycles. The van der Waals surface area contributed by atoms with E-state index in [1.54, 1.807) is 17.0 Å². The number of H-pyrrole nitrogens is 1. The topological polar surface area (TPSA) is 140 Å². The molecule has 39 heavy (non-hydrogen) atoms. The summed E-state index contributed by atoms with van der Waals surface area (Å²) >= 11 is 0. The van der Waals surface area contributed by atoms with Crippen molar-refractivity contribution >= 4 is 23.4 Å². The Morgan fingerprint density at radius 2 is 1.79 bits per heavy atom. The molecule has 0 unspecified atom stereocenters. The second-order valence-electron chi connectivity index (χ2n) is 9.57. The van der Waals surface area contributed by atoms with E-state index in [1.807, 2.05) is 49.2 Å². The monoisotopic (exact) mass is 532 g/mol. The molecule has 0 fully saturated rings. The van der Waals surface area contributed by atoms with Crippen LogP contribution in [0, 0.1) is 6.92 Å². The van der Waals surface area contributed by atoms with E-state index >= 15 is 0 Å². The molecule has 0 spiro atoms. The number of primary amides is 1. The fraction of sp³-hybridized carbons (Fsp3) is 0.357. The molecule has 0 atom stereocenters. The van der Waals surface area contributed by atoms with Gasteiger partial charge in [0.1, 0.15) is 11.5 Å². The average Bonchev–Trinajstić information content (AvgIpc) is 3.58. The van der Waals surface area contributed by atoms with Crippen molar-refractivity contribution in [3.05, 3.63) is 71.0 Å². The van der Waals surface area contributed by atoms with Crippen molar-refractivity contribution in [2.75, 3.05) is 44.7 Å². The number of carbonyl (C=O) groups excluding carboxylic acids is 3. The number of imidazole rings is 1. The minimum atomic E-state index is -0.610. The number of hydrogen-bond acceptors (Lipinski definition) is 7. The molecule has 4 rings (SSSR count). The number of nitrogens with one attached hydrogen (secondary N) is 3. The van der Waals surface area contributed by atoms with Crippen molar-refractivity contribution in [3.8, 4) is 11.4 Å². The molecule has 3 amide bonds. The van der Waals surface area contributed by atoms with E-state index in [9.17, 15) is 14.4 Å². The molecule has 11 heteroatoms. The quantitative estimate of drug-likeness (QED) is 0.259. The van der Waals surface area contributed by atoms with Gasteiger partial charge < -0.3 is 26.3 Å². The minimum absolute atomic E-state index is 0.0245. The summed E-state index contributed by atoms with van der Waals surface area (Å²) < 4.78 is 0. The molecule has 0 saturated heterocycles. The van der Waals surface area contributed by atoms with E-state index in [-0.39, 0.29) is 30.6 Å². The third-order valence-electron chi connectivity index (χ3n) is 6.79. The van der Waals surface area contributed by atoms with Crippen molar-refractivity contribution in [2.24, 2.45) is 5.73 Å². The summed E-state index contributed by atoms with van der Waals surface area (Å²) in [6, 6.07) is 13.8. The predicted molar refractivity (Wildman–Crippen MR) is 150 cm³/mol. The third-order valence-corrected chi connectivity index (χ3v) is 6.79. The molecule has 0 aliphatic carbocycles. The summed E-state index contributed by atoms with van der Waals surface area (Å²) in [5.74, 6) is -0.391. The van der Waals surface area contributed by atoms with Gasteiger partial charge in [0, 0.05) is 50.7 Å². The Labute approximate surface area is 228 Å². The van der Waals surface area contributed by atoms with E-state index < -0.39 is 5.91 Å². The van der Waals surface area contributed by atoms with E-state index in [2.05, 4.69) is 32.7 Å². The predicted octanol–water partition coefficient (Wildman–Crippen LogP) is 1.41. The van der Waals surface area contributed by atoms with Gasteiger partial charge in [-0.2, -0.15) is 0 Å². The Morgan fingerprint density at radius 3 is 2.41 bits per heavy atom. The lowest BCUT2D eigenvalue weighted by atomic mass is 10.1. The highest BCUT2D eigenvalue weighted by Crippen LogP contribution is 2.27. The lowest BCUT2D eigenvalue weighted by Gasteiger charge is -2.32. The molecular formula is C28H36N8O3. The highest BCUT2D eigenvalue weighted by atomic mass is 16.2. The van der Waals surface area contributed by atoms with Crippen LogP contribution in [-0.4, -0.2) is 77.5 Å². The Kier molecular flexibility index (Phi) is 8.95. The zero-order valence-electron chi connectivity index (χ0n) is 22.7. The van der Waals surface area contributed by atoms with Crippen LogP contribution < -0.4 is 21.3 Å². The van der Waals surface area contributed by atoms with Crippen LogP contribution >= 0.6 is 0 Å². The Morgan fingerprint density at radius 1 is 1.08 bits per heavy atom. The van der Waals surface area contributed by atoms with E-state index in [0.717, 1.165) is 23.4 Å². The maximum atomic E-state index is 13.5. The zero-order valence-corrected chi connectivity index (χ0v) is 22.7. The summed E-state index contributed by atoms with van der Waals surface area (Å²) in [6.45, 7) is 7.29. The number of likely N-dealkylation sites (N-methyl/N-ethyl adjacent to an activating group) is 2. The Balaban J connectivity index is 1.51. The molecule has 0 saturated carbocycles. The number of anilines is 1. The lowest BCUT2D eigenvalue weighted by molar-refractivity contribution is -0.145. The first-order valence-corrected chi connectivity index (χ1v) is 13.0. The van der Waals surface area contributed by atoms with Crippen LogP contribution in [0.4, 0.5) is 5.69 Å². The number of hydrazine groups is 1. The van der Waals surface area contributed by atoms with Gasteiger partial charge in [-0.05, 0) is 48.4 Å². The lowest BCUT2D eigenvalue weighted by Crippen LogP contribution is -2.48. The van der Waals surface area contributed by atoms with Gasteiger partial charge in [-0.15, -0.1) is 0 Å². The number of amides is 3. The molecule has 3 aromatic rings. The van der Waals surface area contributed by atoms with E-state index in [0.29, 0.717) is 32.0 Å². The second-order valence-corrected chi connectivity index (χ2v) is 9.57. The number of aryl methyl sites for hydroxylation is 1. The van der Waals surface area contributed by atoms with Gasteiger partial charge in [0.15, 0.2) is 0 Å². The van der Waals surface area contributed by atoms with Crippen LogP contribution in [0.5, 0.6) is 0 Å². The molecule has 1 aliphatic heterocycles. The Hall–Kier alpha value is -4.22. The summed E-state index contributed by atoms with van der Waals surface area (Å²) in [5, 5.41) is 9.75. The van der Waals surface area contributed by atoms with Gasteiger partial charge in [0.2, 0.25) is 5.91 Å². The second kappa shape index (κ2) is 12.5. The average molecular weight is 533 g/mol. The number of hydrogen-bond donors (Lipinski definition) is 4. The number of fused-ring (bicyclic) bond motifs is 1. The molecule has 1 aliphatic rings. The van der Waals surface area contributed by atoms with Gasteiger partial charge in [0.25, 0.3) is 11.8 Å². The molecule has 5 N–H and O–H groups in total. The fourth-order valence-corrected chi connectivity index (χ4v) is 4.63. The highest BCUT2D eigenvalue weighted by molar-refractivity contribution is 5.91. The number of benzene rings is 2. The smallest absolute Gasteiger partial charge is 0.268 e. The van der Waals surface area contributed by atoms with Gasteiger partial charge in [-0.25, -0.2) is 9.99 Å².